The van der Waals surface area contributed by atoms with Gasteiger partial charge in [-0.15, -0.1) is 0 Å². The second-order valence-electron chi connectivity index (χ2n) is 4.63. The molecule has 1 N–H and O–H groups in total. The van der Waals surface area contributed by atoms with E-state index in [-0.39, 0.29) is 0 Å². The molecule has 0 unspecified atom stereocenters. The summed E-state index contributed by atoms with van der Waals surface area (Å²) in [6.07, 6.45) is 4.01. The monoisotopic (exact) mass is 294 g/mol. The van der Waals surface area contributed by atoms with Crippen LogP contribution in [0.1, 0.15) is 31.2 Å². The first-order valence-electron chi connectivity index (χ1n) is 5.73. The summed E-state index contributed by atoms with van der Waals surface area (Å²) in [5.74, 6) is 0.211. The van der Waals surface area contributed by atoms with E-state index in [1.165, 1.54) is 5.56 Å². The summed E-state index contributed by atoms with van der Waals surface area (Å²) in [5.41, 5.74) is 1.81. The third-order valence-corrected chi connectivity index (χ3v) is 3.87. The largest absolute Gasteiger partial charge is 0.478 e. The van der Waals surface area contributed by atoms with Gasteiger partial charge in [0.15, 0.2) is 0 Å². The minimum atomic E-state index is -0.808. The number of carboxylic acid groups (broad SMARTS) is 1. The molecule has 0 amide bonds. The number of carboxylic acids is 1. The molecule has 1 fully saturated rings. The van der Waals surface area contributed by atoms with Gasteiger partial charge in [0.1, 0.15) is 0 Å². The Morgan fingerprint density at radius 1 is 1.35 bits per heavy atom. The first-order valence-corrected chi connectivity index (χ1v) is 6.52. The van der Waals surface area contributed by atoms with Crippen molar-refractivity contribution in [3.05, 3.63) is 46.0 Å². The lowest BCUT2D eigenvalue weighted by molar-refractivity contribution is -0.132. The maximum atomic E-state index is 10.7. The Bertz CT molecular complexity index is 442. The van der Waals surface area contributed by atoms with E-state index < -0.39 is 5.97 Å². The average molecular weight is 295 g/mol. The molecule has 2 nitrogen and oxygen atoms in total. The van der Waals surface area contributed by atoms with Crippen molar-refractivity contribution in [2.24, 2.45) is 5.92 Å². The van der Waals surface area contributed by atoms with E-state index in [0.29, 0.717) is 17.4 Å². The summed E-state index contributed by atoms with van der Waals surface area (Å²) in [4.78, 5) is 10.7. The number of halogens is 1. The average Bonchev–Trinajstić information content (AvgIpc) is 2.24. The van der Waals surface area contributed by atoms with Crippen LogP contribution >= 0.6 is 15.9 Å². The van der Waals surface area contributed by atoms with Gasteiger partial charge in [-0.2, -0.15) is 0 Å². The molecular formula is C14H15BrO2. The van der Waals surface area contributed by atoms with Crippen molar-refractivity contribution in [1.29, 1.82) is 0 Å². The van der Waals surface area contributed by atoms with Crippen LogP contribution in [-0.4, -0.2) is 11.1 Å². The summed E-state index contributed by atoms with van der Waals surface area (Å²) >= 11 is 3.42. The van der Waals surface area contributed by atoms with Crippen molar-refractivity contribution in [3.8, 4) is 0 Å². The highest BCUT2D eigenvalue weighted by Gasteiger charge is 2.29. The van der Waals surface area contributed by atoms with Crippen molar-refractivity contribution in [2.75, 3.05) is 0 Å². The molecule has 3 heteroatoms. The van der Waals surface area contributed by atoms with Crippen LogP contribution in [0.2, 0.25) is 0 Å². The fourth-order valence-electron chi connectivity index (χ4n) is 2.23. The SMILES string of the molecule is C/C(=C/C1CC(c2ccc(Br)cc2)C1)C(=O)O. The molecule has 1 aliphatic rings. The molecule has 90 valence electrons. The quantitative estimate of drug-likeness (QED) is 0.857. The number of rotatable bonds is 3. The van der Waals surface area contributed by atoms with E-state index in [9.17, 15) is 4.79 Å². The molecule has 2 rings (SSSR count). The van der Waals surface area contributed by atoms with Gasteiger partial charge >= 0.3 is 5.97 Å². The predicted molar refractivity (Wildman–Crippen MR) is 71.0 cm³/mol. The van der Waals surface area contributed by atoms with Crippen LogP contribution < -0.4 is 0 Å². The zero-order valence-electron chi connectivity index (χ0n) is 9.69. The molecule has 1 aliphatic carbocycles. The molecule has 17 heavy (non-hydrogen) atoms. The smallest absolute Gasteiger partial charge is 0.330 e. The Morgan fingerprint density at radius 2 is 1.94 bits per heavy atom. The second kappa shape index (κ2) is 5.05. The number of benzene rings is 1. The molecular weight excluding hydrogens is 280 g/mol. The van der Waals surface area contributed by atoms with E-state index >= 15 is 0 Å². The van der Waals surface area contributed by atoms with Crippen LogP contribution in [0.4, 0.5) is 0 Å². The molecule has 0 radical (unpaired) electrons. The number of hydrogen-bond acceptors (Lipinski definition) is 1. The van der Waals surface area contributed by atoms with E-state index in [4.69, 9.17) is 5.11 Å². The van der Waals surface area contributed by atoms with Crippen LogP contribution in [-0.2, 0) is 4.79 Å². The van der Waals surface area contributed by atoms with E-state index in [1.807, 2.05) is 6.08 Å². The van der Waals surface area contributed by atoms with Crippen molar-refractivity contribution in [3.63, 3.8) is 0 Å². The second-order valence-corrected chi connectivity index (χ2v) is 5.55. The first-order chi connectivity index (χ1) is 8.06. The summed E-state index contributed by atoms with van der Waals surface area (Å²) in [6, 6.07) is 8.39. The van der Waals surface area contributed by atoms with Gasteiger partial charge in [-0.1, -0.05) is 34.1 Å². The van der Waals surface area contributed by atoms with Gasteiger partial charge in [-0.05, 0) is 49.3 Å². The molecule has 1 aromatic carbocycles. The molecule has 1 saturated carbocycles. The van der Waals surface area contributed by atoms with Gasteiger partial charge in [-0.25, -0.2) is 4.79 Å². The topological polar surface area (TPSA) is 37.3 Å². The molecule has 1 aromatic rings. The lowest BCUT2D eigenvalue weighted by atomic mass is 9.71. The van der Waals surface area contributed by atoms with Crippen molar-refractivity contribution in [1.82, 2.24) is 0 Å². The fourth-order valence-corrected chi connectivity index (χ4v) is 2.49. The number of carbonyl (C=O) groups is 1. The lowest BCUT2D eigenvalue weighted by Crippen LogP contribution is -2.20. The summed E-state index contributed by atoms with van der Waals surface area (Å²) in [5, 5.41) is 8.79. The number of allylic oxidation sites excluding steroid dienone is 1. The van der Waals surface area contributed by atoms with Crippen molar-refractivity contribution < 1.29 is 9.90 Å². The normalized spacial score (nSPS) is 24.2. The summed E-state index contributed by atoms with van der Waals surface area (Å²) in [7, 11) is 0. The molecule has 0 spiro atoms. The highest BCUT2D eigenvalue weighted by atomic mass is 79.9. The third-order valence-electron chi connectivity index (χ3n) is 3.34. The minimum Gasteiger partial charge on any atom is -0.478 e. The molecule has 0 atom stereocenters. The Hall–Kier alpha value is -1.09. The predicted octanol–water partition coefficient (Wildman–Crippen LogP) is 3.97. The van der Waals surface area contributed by atoms with Gasteiger partial charge in [0.2, 0.25) is 0 Å². The first kappa shape index (κ1) is 12.4. The third kappa shape index (κ3) is 2.97. The van der Waals surface area contributed by atoms with Gasteiger partial charge in [-0.3, -0.25) is 0 Å². The van der Waals surface area contributed by atoms with Crippen LogP contribution in [0, 0.1) is 5.92 Å². The minimum absolute atomic E-state index is 0.430. The molecule has 0 aromatic heterocycles. The summed E-state index contributed by atoms with van der Waals surface area (Å²) < 4.78 is 1.10. The van der Waals surface area contributed by atoms with Gasteiger partial charge in [0, 0.05) is 10.0 Å². The maximum absolute atomic E-state index is 10.7. The molecule has 0 aliphatic heterocycles. The fraction of sp³-hybridized carbons (Fsp3) is 0.357. The van der Waals surface area contributed by atoms with Gasteiger partial charge < -0.3 is 5.11 Å². The van der Waals surface area contributed by atoms with Crippen molar-refractivity contribution in [2.45, 2.75) is 25.7 Å². The lowest BCUT2D eigenvalue weighted by Gasteiger charge is -2.34. The van der Waals surface area contributed by atoms with Crippen molar-refractivity contribution >= 4 is 21.9 Å². The standard InChI is InChI=1S/C14H15BrO2/c1-9(14(16)17)6-10-7-12(8-10)11-2-4-13(15)5-3-11/h2-6,10,12H,7-8H2,1H3,(H,16,17)/b9-6-. The zero-order valence-corrected chi connectivity index (χ0v) is 11.3. The molecule has 0 heterocycles. The number of aliphatic carboxylic acids is 1. The van der Waals surface area contributed by atoms with Gasteiger partial charge in [0.25, 0.3) is 0 Å². The Labute approximate surface area is 109 Å². The van der Waals surface area contributed by atoms with Crippen LogP contribution in [0.3, 0.4) is 0 Å². The Morgan fingerprint density at radius 3 is 2.47 bits per heavy atom. The summed E-state index contributed by atoms with van der Waals surface area (Å²) in [6.45, 7) is 1.66. The molecule has 0 saturated heterocycles. The van der Waals surface area contributed by atoms with E-state index in [0.717, 1.165) is 17.3 Å². The molecule has 0 bridgehead atoms. The van der Waals surface area contributed by atoms with Crippen LogP contribution in [0.5, 0.6) is 0 Å². The highest BCUT2D eigenvalue weighted by molar-refractivity contribution is 9.10. The van der Waals surface area contributed by atoms with Gasteiger partial charge in [0.05, 0.1) is 0 Å². The maximum Gasteiger partial charge on any atom is 0.330 e. The van der Waals surface area contributed by atoms with E-state index in [2.05, 4.69) is 40.2 Å². The van der Waals surface area contributed by atoms with E-state index in [1.54, 1.807) is 6.92 Å². The Balaban J connectivity index is 1.93. The van der Waals surface area contributed by atoms with Crippen LogP contribution in [0.25, 0.3) is 0 Å². The number of hydrogen-bond donors (Lipinski definition) is 1. The highest BCUT2D eigenvalue weighted by Crippen LogP contribution is 2.42. The zero-order chi connectivity index (χ0) is 12.4. The Kier molecular flexibility index (Phi) is 3.67. The van der Waals surface area contributed by atoms with Crippen LogP contribution in [0.15, 0.2) is 40.4 Å².